The lowest BCUT2D eigenvalue weighted by Gasteiger charge is -2.31. The van der Waals surface area contributed by atoms with Crippen molar-refractivity contribution in [2.24, 2.45) is 11.7 Å². The van der Waals surface area contributed by atoms with Gasteiger partial charge in [0.25, 0.3) is 5.91 Å². The number of rotatable bonds is 3. The van der Waals surface area contributed by atoms with Crippen molar-refractivity contribution in [2.45, 2.75) is 19.3 Å². The molecule has 108 valence electrons. The van der Waals surface area contributed by atoms with Gasteiger partial charge in [-0.15, -0.1) is 0 Å². The van der Waals surface area contributed by atoms with Gasteiger partial charge in [-0.2, -0.15) is 0 Å². The summed E-state index contributed by atoms with van der Waals surface area (Å²) in [5, 5.41) is 9.63. The number of primary amides is 1. The number of piperidine rings is 1. The molecule has 1 fully saturated rings. The van der Waals surface area contributed by atoms with Crippen LogP contribution in [0.3, 0.4) is 0 Å². The average molecular weight is 280 g/mol. The van der Waals surface area contributed by atoms with E-state index in [2.05, 4.69) is 0 Å². The molecule has 1 aliphatic heterocycles. The van der Waals surface area contributed by atoms with Crippen molar-refractivity contribution in [2.75, 3.05) is 13.1 Å². The first kappa shape index (κ1) is 14.3. The number of carbonyl (C=O) groups excluding carboxylic acids is 2. The fourth-order valence-electron chi connectivity index (χ4n) is 2.47. The topological polar surface area (TPSA) is 83.6 Å². The van der Waals surface area contributed by atoms with Gasteiger partial charge in [0.1, 0.15) is 11.6 Å². The highest BCUT2D eigenvalue weighted by Gasteiger charge is 2.26. The lowest BCUT2D eigenvalue weighted by Crippen LogP contribution is -2.39. The zero-order valence-electron chi connectivity index (χ0n) is 11.0. The molecule has 0 radical (unpaired) electrons. The number of carbonyl (C=O) groups is 2. The maximum absolute atomic E-state index is 13.1. The Morgan fingerprint density at radius 3 is 2.60 bits per heavy atom. The summed E-state index contributed by atoms with van der Waals surface area (Å²) < 4.78 is 13.1. The second-order valence-corrected chi connectivity index (χ2v) is 5.07. The van der Waals surface area contributed by atoms with Crippen molar-refractivity contribution in [3.8, 4) is 5.75 Å². The predicted octanol–water partition coefficient (Wildman–Crippen LogP) is 1.26. The van der Waals surface area contributed by atoms with Crippen LogP contribution in [0.15, 0.2) is 18.2 Å². The van der Waals surface area contributed by atoms with Crippen LogP contribution in [0.1, 0.15) is 29.6 Å². The molecule has 1 saturated heterocycles. The van der Waals surface area contributed by atoms with Gasteiger partial charge in [0, 0.05) is 19.5 Å². The fourth-order valence-corrected chi connectivity index (χ4v) is 2.47. The van der Waals surface area contributed by atoms with E-state index in [1.54, 1.807) is 4.90 Å². The molecule has 0 bridgehead atoms. The van der Waals surface area contributed by atoms with Crippen molar-refractivity contribution < 1.29 is 19.1 Å². The van der Waals surface area contributed by atoms with Crippen LogP contribution in [-0.4, -0.2) is 34.9 Å². The average Bonchev–Trinajstić information content (AvgIpc) is 2.41. The number of phenols is 1. The highest BCUT2D eigenvalue weighted by Crippen LogP contribution is 2.24. The summed E-state index contributed by atoms with van der Waals surface area (Å²) >= 11 is 0. The van der Waals surface area contributed by atoms with E-state index >= 15 is 0 Å². The fraction of sp³-hybridized carbons (Fsp3) is 0.429. The minimum atomic E-state index is -0.560. The van der Waals surface area contributed by atoms with Gasteiger partial charge in [-0.25, -0.2) is 4.39 Å². The van der Waals surface area contributed by atoms with Crippen molar-refractivity contribution in [3.63, 3.8) is 0 Å². The number of amides is 2. The third-order valence-corrected chi connectivity index (χ3v) is 3.58. The van der Waals surface area contributed by atoms with E-state index in [0.717, 1.165) is 12.1 Å². The third kappa shape index (κ3) is 3.26. The summed E-state index contributed by atoms with van der Waals surface area (Å²) in [7, 11) is 0. The summed E-state index contributed by atoms with van der Waals surface area (Å²) in [6.45, 7) is 0.958. The SMILES string of the molecule is NC(=O)CC1CCN(C(=O)c2cc(F)ccc2O)CC1. The number of hydrogen-bond donors (Lipinski definition) is 2. The molecule has 0 spiro atoms. The van der Waals surface area contributed by atoms with E-state index in [0.29, 0.717) is 32.4 Å². The molecule has 0 aliphatic carbocycles. The summed E-state index contributed by atoms with van der Waals surface area (Å²) in [6.07, 6.45) is 1.70. The molecule has 1 aromatic carbocycles. The first-order valence-corrected chi connectivity index (χ1v) is 6.53. The van der Waals surface area contributed by atoms with Crippen LogP contribution in [0.2, 0.25) is 0 Å². The predicted molar refractivity (Wildman–Crippen MR) is 70.5 cm³/mol. The first-order valence-electron chi connectivity index (χ1n) is 6.53. The zero-order valence-corrected chi connectivity index (χ0v) is 11.0. The van der Waals surface area contributed by atoms with Gasteiger partial charge < -0.3 is 15.7 Å². The molecule has 0 unspecified atom stereocenters. The van der Waals surface area contributed by atoms with Crippen molar-refractivity contribution in [1.82, 2.24) is 4.90 Å². The number of halogens is 1. The second kappa shape index (κ2) is 5.90. The molecule has 3 N–H and O–H groups in total. The minimum Gasteiger partial charge on any atom is -0.507 e. The number of nitrogens with two attached hydrogens (primary N) is 1. The van der Waals surface area contributed by atoms with Crippen LogP contribution < -0.4 is 5.73 Å². The summed E-state index contributed by atoms with van der Waals surface area (Å²) in [6, 6.07) is 3.31. The first-order chi connectivity index (χ1) is 9.47. The highest BCUT2D eigenvalue weighted by atomic mass is 19.1. The maximum Gasteiger partial charge on any atom is 0.257 e. The normalized spacial score (nSPS) is 16.1. The molecule has 0 aromatic heterocycles. The number of phenolic OH excluding ortho intramolecular Hbond substituents is 1. The van der Waals surface area contributed by atoms with Crippen LogP contribution in [0.25, 0.3) is 0 Å². The van der Waals surface area contributed by atoms with Crippen LogP contribution in [0.5, 0.6) is 5.75 Å². The van der Waals surface area contributed by atoms with Gasteiger partial charge in [-0.3, -0.25) is 9.59 Å². The number of hydrogen-bond acceptors (Lipinski definition) is 3. The quantitative estimate of drug-likeness (QED) is 0.874. The molecule has 2 amide bonds. The van der Waals surface area contributed by atoms with Gasteiger partial charge in [0.05, 0.1) is 5.56 Å². The van der Waals surface area contributed by atoms with Gasteiger partial charge in [-0.05, 0) is 37.0 Å². The van der Waals surface area contributed by atoms with Crippen LogP contribution in [-0.2, 0) is 4.79 Å². The van der Waals surface area contributed by atoms with E-state index in [-0.39, 0.29) is 29.0 Å². The molecule has 20 heavy (non-hydrogen) atoms. The van der Waals surface area contributed by atoms with Gasteiger partial charge in [-0.1, -0.05) is 0 Å². The Labute approximate surface area is 116 Å². The molecule has 1 aliphatic rings. The zero-order chi connectivity index (χ0) is 14.7. The Bertz CT molecular complexity index is 525. The number of nitrogens with zero attached hydrogens (tertiary/aromatic N) is 1. The number of aromatic hydroxyl groups is 1. The molecular formula is C14H17FN2O3. The van der Waals surface area contributed by atoms with Crippen molar-refractivity contribution in [1.29, 1.82) is 0 Å². The molecule has 5 nitrogen and oxygen atoms in total. The van der Waals surface area contributed by atoms with Gasteiger partial charge in [0.2, 0.25) is 5.91 Å². The second-order valence-electron chi connectivity index (χ2n) is 5.07. The van der Waals surface area contributed by atoms with Crippen LogP contribution >= 0.6 is 0 Å². The minimum absolute atomic E-state index is 0.0293. The highest BCUT2D eigenvalue weighted by molar-refractivity contribution is 5.96. The Hall–Kier alpha value is -2.11. The van der Waals surface area contributed by atoms with Gasteiger partial charge in [0.15, 0.2) is 0 Å². The lowest BCUT2D eigenvalue weighted by atomic mass is 9.93. The van der Waals surface area contributed by atoms with E-state index in [1.165, 1.54) is 6.07 Å². The number of benzene rings is 1. The molecule has 0 saturated carbocycles. The molecule has 2 rings (SSSR count). The molecule has 6 heteroatoms. The Morgan fingerprint density at radius 1 is 1.35 bits per heavy atom. The van der Waals surface area contributed by atoms with E-state index in [9.17, 15) is 19.1 Å². The van der Waals surface area contributed by atoms with E-state index in [1.807, 2.05) is 0 Å². The summed E-state index contributed by atoms with van der Waals surface area (Å²) in [5.74, 6) is -1.32. The molecular weight excluding hydrogens is 263 g/mol. The standard InChI is InChI=1S/C14H17FN2O3/c15-10-1-2-12(18)11(8-10)14(20)17-5-3-9(4-6-17)7-13(16)19/h1-2,8-9,18H,3-7H2,(H2,16,19). The smallest absolute Gasteiger partial charge is 0.257 e. The molecule has 1 aromatic rings. The largest absolute Gasteiger partial charge is 0.507 e. The Morgan fingerprint density at radius 2 is 2.00 bits per heavy atom. The van der Waals surface area contributed by atoms with E-state index < -0.39 is 5.82 Å². The van der Waals surface area contributed by atoms with Gasteiger partial charge >= 0.3 is 0 Å². The van der Waals surface area contributed by atoms with Crippen LogP contribution in [0.4, 0.5) is 4.39 Å². The summed E-state index contributed by atoms with van der Waals surface area (Å²) in [5.41, 5.74) is 5.12. The lowest BCUT2D eigenvalue weighted by molar-refractivity contribution is -0.119. The molecule has 0 atom stereocenters. The van der Waals surface area contributed by atoms with Crippen molar-refractivity contribution >= 4 is 11.8 Å². The van der Waals surface area contributed by atoms with E-state index in [4.69, 9.17) is 5.73 Å². The summed E-state index contributed by atoms with van der Waals surface area (Å²) in [4.78, 5) is 24.6. The monoisotopic (exact) mass is 280 g/mol. The maximum atomic E-state index is 13.1. The third-order valence-electron chi connectivity index (χ3n) is 3.58. The number of likely N-dealkylation sites (tertiary alicyclic amines) is 1. The Balaban J connectivity index is 2.01. The molecule has 1 heterocycles. The van der Waals surface area contributed by atoms with Crippen molar-refractivity contribution in [3.05, 3.63) is 29.6 Å². The van der Waals surface area contributed by atoms with Crippen LogP contribution in [0, 0.1) is 11.7 Å². The Kier molecular flexibility index (Phi) is 4.22.